The zero-order chi connectivity index (χ0) is 14.4. The summed E-state index contributed by atoms with van der Waals surface area (Å²) < 4.78 is 0.358. The summed E-state index contributed by atoms with van der Waals surface area (Å²) in [6, 6.07) is 0. The first-order valence-electron chi connectivity index (χ1n) is 7.18. The fourth-order valence-corrected chi connectivity index (χ4v) is 4.16. The first kappa shape index (κ1) is 19.0. The fraction of sp³-hybridized carbons (Fsp3) is 0.714. The summed E-state index contributed by atoms with van der Waals surface area (Å²) in [5.41, 5.74) is 2.98. The van der Waals surface area contributed by atoms with Gasteiger partial charge in [0.15, 0.2) is 5.96 Å². The first-order valence-corrected chi connectivity index (χ1v) is 9.04. The smallest absolute Gasteiger partial charge is 0.191 e. The maximum absolute atomic E-state index is 4.66. The molecule has 2 N–H and O–H groups in total. The van der Waals surface area contributed by atoms with E-state index in [-0.39, 0.29) is 24.0 Å². The second-order valence-corrected chi connectivity index (χ2v) is 7.93. The molecule has 0 aliphatic carbocycles. The quantitative estimate of drug-likeness (QED) is 0.419. The lowest BCUT2D eigenvalue weighted by Gasteiger charge is -2.24. The van der Waals surface area contributed by atoms with Crippen LogP contribution in [0.2, 0.25) is 0 Å². The molecule has 0 radical (unpaired) electrons. The second kappa shape index (κ2) is 9.19. The molecule has 0 saturated carbocycles. The number of aliphatic imine (C=N–C) groups is 1. The Kier molecular flexibility index (Phi) is 8.33. The van der Waals surface area contributed by atoms with Gasteiger partial charge in [-0.25, -0.2) is 9.98 Å². The van der Waals surface area contributed by atoms with Crippen molar-refractivity contribution in [3.05, 3.63) is 16.1 Å². The van der Waals surface area contributed by atoms with Crippen molar-refractivity contribution >= 4 is 53.0 Å². The summed E-state index contributed by atoms with van der Waals surface area (Å²) in [5, 5.41) is 6.81. The summed E-state index contributed by atoms with van der Waals surface area (Å²) in [4.78, 5) is 10.2. The van der Waals surface area contributed by atoms with Crippen LogP contribution >= 0.6 is 47.1 Å². The number of guanidine groups is 1. The lowest BCUT2D eigenvalue weighted by Crippen LogP contribution is -2.43. The van der Waals surface area contributed by atoms with Crippen molar-refractivity contribution in [1.82, 2.24) is 15.6 Å². The van der Waals surface area contributed by atoms with E-state index in [0.717, 1.165) is 24.7 Å². The van der Waals surface area contributed by atoms with Gasteiger partial charge >= 0.3 is 0 Å². The van der Waals surface area contributed by atoms with Crippen molar-refractivity contribution < 1.29 is 0 Å². The SMILES string of the molecule is CCNC(=NCc1scnc1C)NCC1(C)CCCS1.I. The third-order valence-electron chi connectivity index (χ3n) is 3.50. The fourth-order valence-electron chi connectivity index (χ4n) is 2.22. The van der Waals surface area contributed by atoms with Crippen LogP contribution in [0.15, 0.2) is 10.5 Å². The largest absolute Gasteiger partial charge is 0.357 e. The Labute approximate surface area is 153 Å². The van der Waals surface area contributed by atoms with Gasteiger partial charge in [-0.05, 0) is 39.4 Å². The molecule has 0 amide bonds. The van der Waals surface area contributed by atoms with Crippen LogP contribution in [-0.2, 0) is 6.54 Å². The molecule has 2 rings (SSSR count). The standard InChI is InChI=1S/C14H24N4S2.HI/c1-4-15-13(16-8-12-11(2)18-10-19-12)17-9-14(3)6-5-7-20-14;/h10H,4-9H2,1-3H3,(H2,15,16,17);1H. The van der Waals surface area contributed by atoms with Gasteiger partial charge < -0.3 is 10.6 Å². The molecule has 1 saturated heterocycles. The number of hydrogen-bond donors (Lipinski definition) is 2. The minimum atomic E-state index is 0. The van der Waals surface area contributed by atoms with Crippen LogP contribution in [0.4, 0.5) is 0 Å². The summed E-state index contributed by atoms with van der Waals surface area (Å²) in [5.74, 6) is 2.19. The molecule has 1 fully saturated rings. The molecule has 21 heavy (non-hydrogen) atoms. The molecular formula is C14H25IN4S2. The summed E-state index contributed by atoms with van der Waals surface area (Å²) >= 11 is 3.74. The van der Waals surface area contributed by atoms with Gasteiger partial charge in [0.2, 0.25) is 0 Å². The van der Waals surface area contributed by atoms with Crippen LogP contribution < -0.4 is 10.6 Å². The highest BCUT2D eigenvalue weighted by Crippen LogP contribution is 2.36. The van der Waals surface area contributed by atoms with Gasteiger partial charge in [0.25, 0.3) is 0 Å². The Morgan fingerprint density at radius 2 is 2.29 bits per heavy atom. The summed E-state index contributed by atoms with van der Waals surface area (Å²) in [7, 11) is 0. The average Bonchev–Trinajstić information content (AvgIpc) is 3.03. The monoisotopic (exact) mass is 440 g/mol. The third-order valence-corrected chi connectivity index (χ3v) is 5.96. The van der Waals surface area contributed by atoms with Gasteiger partial charge in [-0.15, -0.1) is 35.3 Å². The van der Waals surface area contributed by atoms with Gasteiger partial charge in [0, 0.05) is 22.7 Å². The van der Waals surface area contributed by atoms with Gasteiger partial charge in [0.05, 0.1) is 17.7 Å². The number of hydrogen-bond acceptors (Lipinski definition) is 4. The maximum Gasteiger partial charge on any atom is 0.191 e. The molecule has 1 aromatic rings. The van der Waals surface area contributed by atoms with E-state index in [2.05, 4.69) is 46.2 Å². The number of thioether (sulfide) groups is 1. The van der Waals surface area contributed by atoms with E-state index in [9.17, 15) is 0 Å². The molecule has 0 spiro atoms. The highest BCUT2D eigenvalue weighted by atomic mass is 127. The van der Waals surface area contributed by atoms with E-state index >= 15 is 0 Å². The molecular weight excluding hydrogens is 415 g/mol. The van der Waals surface area contributed by atoms with Crippen molar-refractivity contribution in [2.45, 2.75) is 44.9 Å². The molecule has 1 aromatic heterocycles. The third kappa shape index (κ3) is 5.94. The molecule has 1 aliphatic heterocycles. The lowest BCUT2D eigenvalue weighted by atomic mass is 10.1. The number of nitrogens with zero attached hydrogens (tertiary/aromatic N) is 2. The second-order valence-electron chi connectivity index (χ2n) is 5.31. The highest BCUT2D eigenvalue weighted by Gasteiger charge is 2.29. The van der Waals surface area contributed by atoms with E-state index < -0.39 is 0 Å². The van der Waals surface area contributed by atoms with Crippen molar-refractivity contribution in [1.29, 1.82) is 0 Å². The zero-order valence-corrected chi connectivity index (χ0v) is 16.9. The molecule has 2 heterocycles. The van der Waals surface area contributed by atoms with Gasteiger partial charge in [-0.1, -0.05) is 0 Å². The Morgan fingerprint density at radius 3 is 2.86 bits per heavy atom. The van der Waals surface area contributed by atoms with E-state index in [1.165, 1.54) is 23.5 Å². The molecule has 1 aliphatic rings. The van der Waals surface area contributed by atoms with E-state index in [1.807, 2.05) is 12.4 Å². The van der Waals surface area contributed by atoms with Gasteiger partial charge in [-0.2, -0.15) is 11.8 Å². The van der Waals surface area contributed by atoms with Crippen LogP contribution in [0.5, 0.6) is 0 Å². The number of thiazole rings is 1. The highest BCUT2D eigenvalue weighted by molar-refractivity contribution is 14.0. The minimum absolute atomic E-state index is 0. The van der Waals surface area contributed by atoms with Crippen LogP contribution in [0.25, 0.3) is 0 Å². The Morgan fingerprint density at radius 1 is 1.48 bits per heavy atom. The predicted octanol–water partition coefficient (Wildman–Crippen LogP) is 3.41. The van der Waals surface area contributed by atoms with Crippen molar-refractivity contribution in [3.8, 4) is 0 Å². The zero-order valence-electron chi connectivity index (χ0n) is 12.9. The minimum Gasteiger partial charge on any atom is -0.357 e. The molecule has 4 nitrogen and oxygen atoms in total. The number of rotatable bonds is 5. The number of aromatic nitrogens is 1. The number of aryl methyl sites for hydroxylation is 1. The Bertz CT molecular complexity index is 456. The van der Waals surface area contributed by atoms with Crippen molar-refractivity contribution in [3.63, 3.8) is 0 Å². The van der Waals surface area contributed by atoms with Crippen LogP contribution in [0, 0.1) is 6.92 Å². The molecule has 1 atom stereocenters. The molecule has 120 valence electrons. The van der Waals surface area contributed by atoms with E-state index in [1.54, 1.807) is 11.3 Å². The Balaban J connectivity index is 0.00000220. The lowest BCUT2D eigenvalue weighted by molar-refractivity contribution is 0.584. The summed E-state index contributed by atoms with van der Waals surface area (Å²) in [6.07, 6.45) is 2.62. The average molecular weight is 440 g/mol. The topological polar surface area (TPSA) is 49.3 Å². The first-order chi connectivity index (χ1) is 9.63. The summed E-state index contributed by atoms with van der Waals surface area (Å²) in [6.45, 7) is 9.05. The van der Waals surface area contributed by atoms with Crippen LogP contribution in [0.1, 0.15) is 37.3 Å². The van der Waals surface area contributed by atoms with E-state index in [4.69, 9.17) is 0 Å². The predicted molar refractivity (Wildman–Crippen MR) is 105 cm³/mol. The molecule has 0 aromatic carbocycles. The van der Waals surface area contributed by atoms with Gasteiger partial charge in [0.1, 0.15) is 0 Å². The van der Waals surface area contributed by atoms with Crippen molar-refractivity contribution in [2.24, 2.45) is 4.99 Å². The van der Waals surface area contributed by atoms with Crippen molar-refractivity contribution in [2.75, 3.05) is 18.8 Å². The van der Waals surface area contributed by atoms with Crippen LogP contribution in [-0.4, -0.2) is 34.5 Å². The number of halogens is 1. The van der Waals surface area contributed by atoms with Crippen LogP contribution in [0.3, 0.4) is 0 Å². The Hall–Kier alpha value is -0.0200. The van der Waals surface area contributed by atoms with E-state index in [0.29, 0.717) is 11.3 Å². The van der Waals surface area contributed by atoms with Gasteiger partial charge in [-0.3, -0.25) is 0 Å². The maximum atomic E-state index is 4.66. The molecule has 0 bridgehead atoms. The normalized spacial score (nSPS) is 22.0. The molecule has 1 unspecified atom stereocenters. The number of nitrogens with one attached hydrogen (secondary N) is 2. The molecule has 7 heteroatoms.